The largest absolute Gasteiger partial charge is 0.343 e. The molecule has 10 heavy (non-hydrogen) atoms. The number of amides is 1. The molecule has 0 unspecified atom stereocenters. The van der Waals surface area contributed by atoms with Crippen LogP contribution in [0, 0.1) is 0 Å². The van der Waals surface area contributed by atoms with E-state index >= 15 is 0 Å². The van der Waals surface area contributed by atoms with Gasteiger partial charge in [0.2, 0.25) is 5.91 Å². The highest BCUT2D eigenvalue weighted by Gasteiger charge is 2.28. The van der Waals surface area contributed by atoms with Crippen molar-refractivity contribution in [3.8, 4) is 0 Å². The SMILES string of the molecule is CN(C(=O)CCN)C1CC1. The number of nitrogens with two attached hydrogens (primary N) is 1. The Hall–Kier alpha value is -0.570. The Labute approximate surface area is 61.2 Å². The monoisotopic (exact) mass is 142 g/mol. The van der Waals surface area contributed by atoms with Crippen LogP contribution in [0.2, 0.25) is 0 Å². The van der Waals surface area contributed by atoms with Gasteiger partial charge < -0.3 is 10.6 Å². The normalized spacial score (nSPS) is 17.0. The Morgan fingerprint density at radius 3 is 2.70 bits per heavy atom. The summed E-state index contributed by atoms with van der Waals surface area (Å²) in [6.45, 7) is 0.468. The fraction of sp³-hybridized carbons (Fsp3) is 0.857. The van der Waals surface area contributed by atoms with Gasteiger partial charge in [-0.05, 0) is 12.8 Å². The highest BCUT2D eigenvalue weighted by Crippen LogP contribution is 2.25. The van der Waals surface area contributed by atoms with Gasteiger partial charge >= 0.3 is 0 Å². The Morgan fingerprint density at radius 1 is 1.70 bits per heavy atom. The molecule has 0 atom stereocenters. The summed E-state index contributed by atoms with van der Waals surface area (Å²) in [6.07, 6.45) is 2.84. The first kappa shape index (κ1) is 7.54. The van der Waals surface area contributed by atoms with Gasteiger partial charge in [-0.1, -0.05) is 0 Å². The molecule has 1 amide bonds. The third-order valence-corrected chi connectivity index (χ3v) is 1.85. The maximum absolute atomic E-state index is 11.1. The molecule has 0 aromatic rings. The van der Waals surface area contributed by atoms with E-state index in [1.54, 1.807) is 0 Å². The third kappa shape index (κ3) is 1.70. The third-order valence-electron chi connectivity index (χ3n) is 1.85. The molecule has 0 aromatic carbocycles. The summed E-state index contributed by atoms with van der Waals surface area (Å²) in [5.74, 6) is 0.185. The van der Waals surface area contributed by atoms with E-state index < -0.39 is 0 Å². The topological polar surface area (TPSA) is 46.3 Å². The second kappa shape index (κ2) is 3.01. The molecule has 0 aliphatic heterocycles. The van der Waals surface area contributed by atoms with Crippen LogP contribution in [0.4, 0.5) is 0 Å². The van der Waals surface area contributed by atoms with Crippen LogP contribution >= 0.6 is 0 Å². The highest BCUT2D eigenvalue weighted by atomic mass is 16.2. The van der Waals surface area contributed by atoms with Gasteiger partial charge in [0, 0.05) is 26.1 Å². The molecule has 3 nitrogen and oxygen atoms in total. The predicted molar refractivity (Wildman–Crippen MR) is 39.5 cm³/mol. The van der Waals surface area contributed by atoms with E-state index in [0.29, 0.717) is 19.0 Å². The predicted octanol–water partition coefficient (Wildman–Crippen LogP) is -0.0440. The number of carbonyl (C=O) groups excluding carboxylic acids is 1. The van der Waals surface area contributed by atoms with Gasteiger partial charge in [-0.25, -0.2) is 0 Å². The molecule has 2 N–H and O–H groups in total. The van der Waals surface area contributed by atoms with Crippen molar-refractivity contribution in [2.24, 2.45) is 5.73 Å². The van der Waals surface area contributed by atoms with E-state index in [1.807, 2.05) is 11.9 Å². The van der Waals surface area contributed by atoms with Crippen molar-refractivity contribution in [3.05, 3.63) is 0 Å². The molecular formula is C7H14N2O. The molecule has 0 aromatic heterocycles. The smallest absolute Gasteiger partial charge is 0.223 e. The summed E-state index contributed by atoms with van der Waals surface area (Å²) in [5.41, 5.74) is 5.24. The Balaban J connectivity index is 2.24. The van der Waals surface area contributed by atoms with Crippen LogP contribution in [0.3, 0.4) is 0 Å². The first-order chi connectivity index (χ1) is 4.75. The molecule has 1 rings (SSSR count). The maximum Gasteiger partial charge on any atom is 0.223 e. The van der Waals surface area contributed by atoms with Gasteiger partial charge in [0.1, 0.15) is 0 Å². The fourth-order valence-electron chi connectivity index (χ4n) is 0.965. The van der Waals surface area contributed by atoms with Crippen molar-refractivity contribution >= 4 is 5.91 Å². The number of nitrogens with zero attached hydrogens (tertiary/aromatic N) is 1. The molecule has 1 fully saturated rings. The van der Waals surface area contributed by atoms with Crippen molar-refractivity contribution in [3.63, 3.8) is 0 Å². The summed E-state index contributed by atoms with van der Waals surface area (Å²) in [5, 5.41) is 0. The van der Waals surface area contributed by atoms with Gasteiger partial charge in [0.05, 0.1) is 0 Å². The highest BCUT2D eigenvalue weighted by molar-refractivity contribution is 5.76. The maximum atomic E-state index is 11.1. The lowest BCUT2D eigenvalue weighted by Gasteiger charge is -2.14. The lowest BCUT2D eigenvalue weighted by molar-refractivity contribution is -0.130. The van der Waals surface area contributed by atoms with Crippen molar-refractivity contribution in [2.45, 2.75) is 25.3 Å². The lowest BCUT2D eigenvalue weighted by Crippen LogP contribution is -2.30. The Morgan fingerprint density at radius 2 is 2.30 bits per heavy atom. The van der Waals surface area contributed by atoms with E-state index in [9.17, 15) is 4.79 Å². The first-order valence-corrected chi connectivity index (χ1v) is 3.71. The van der Waals surface area contributed by atoms with Crippen molar-refractivity contribution < 1.29 is 4.79 Å². The van der Waals surface area contributed by atoms with E-state index in [1.165, 1.54) is 12.8 Å². The van der Waals surface area contributed by atoms with Gasteiger partial charge in [0.25, 0.3) is 0 Å². The summed E-state index contributed by atoms with van der Waals surface area (Å²) in [7, 11) is 1.86. The van der Waals surface area contributed by atoms with Gasteiger partial charge in [-0.2, -0.15) is 0 Å². The van der Waals surface area contributed by atoms with Crippen molar-refractivity contribution in [1.29, 1.82) is 0 Å². The molecule has 1 aliphatic rings. The average Bonchev–Trinajstić information content (AvgIpc) is 2.68. The first-order valence-electron chi connectivity index (χ1n) is 3.71. The van der Waals surface area contributed by atoms with Crippen LogP contribution < -0.4 is 5.73 Å². The molecule has 0 heterocycles. The van der Waals surface area contributed by atoms with Crippen molar-refractivity contribution in [1.82, 2.24) is 4.90 Å². The number of carbonyl (C=O) groups is 1. The second-order valence-corrected chi connectivity index (χ2v) is 2.77. The molecule has 0 saturated heterocycles. The van der Waals surface area contributed by atoms with Crippen LogP contribution in [0.1, 0.15) is 19.3 Å². The molecule has 0 spiro atoms. The Bertz CT molecular complexity index is 132. The molecule has 1 aliphatic carbocycles. The number of rotatable bonds is 3. The lowest BCUT2D eigenvalue weighted by atomic mass is 10.4. The summed E-state index contributed by atoms with van der Waals surface area (Å²) in [4.78, 5) is 12.9. The quantitative estimate of drug-likeness (QED) is 0.601. The molecule has 0 bridgehead atoms. The minimum Gasteiger partial charge on any atom is -0.343 e. The van der Waals surface area contributed by atoms with Crippen LogP contribution in [0.15, 0.2) is 0 Å². The van der Waals surface area contributed by atoms with Crippen LogP contribution in [-0.4, -0.2) is 30.4 Å². The zero-order valence-electron chi connectivity index (χ0n) is 6.34. The average molecular weight is 142 g/mol. The van der Waals surface area contributed by atoms with Gasteiger partial charge in [-0.3, -0.25) is 4.79 Å². The van der Waals surface area contributed by atoms with Gasteiger partial charge in [0.15, 0.2) is 0 Å². The van der Waals surface area contributed by atoms with E-state index in [2.05, 4.69) is 0 Å². The standard InChI is InChI=1S/C7H14N2O/c1-9(6-2-3-6)7(10)4-5-8/h6H,2-5,8H2,1H3. The molecule has 58 valence electrons. The van der Waals surface area contributed by atoms with Crippen LogP contribution in [0.25, 0.3) is 0 Å². The molecule has 3 heteroatoms. The molecular weight excluding hydrogens is 128 g/mol. The minimum atomic E-state index is 0.185. The Kier molecular flexibility index (Phi) is 2.27. The zero-order chi connectivity index (χ0) is 7.56. The van der Waals surface area contributed by atoms with Crippen molar-refractivity contribution in [2.75, 3.05) is 13.6 Å². The van der Waals surface area contributed by atoms with E-state index in [0.717, 1.165) is 0 Å². The van der Waals surface area contributed by atoms with E-state index in [4.69, 9.17) is 5.73 Å². The van der Waals surface area contributed by atoms with Gasteiger partial charge in [-0.15, -0.1) is 0 Å². The molecule has 1 saturated carbocycles. The fourth-order valence-corrected chi connectivity index (χ4v) is 0.965. The van der Waals surface area contributed by atoms with E-state index in [-0.39, 0.29) is 5.91 Å². The number of hydrogen-bond donors (Lipinski definition) is 1. The summed E-state index contributed by atoms with van der Waals surface area (Å²) in [6, 6.07) is 0.527. The zero-order valence-corrected chi connectivity index (χ0v) is 6.34. The minimum absolute atomic E-state index is 0.185. The summed E-state index contributed by atoms with van der Waals surface area (Å²) < 4.78 is 0. The summed E-state index contributed by atoms with van der Waals surface area (Å²) >= 11 is 0. The van der Waals surface area contributed by atoms with Crippen LogP contribution in [0.5, 0.6) is 0 Å². The number of hydrogen-bond acceptors (Lipinski definition) is 2. The molecule has 0 radical (unpaired) electrons. The van der Waals surface area contributed by atoms with Crippen LogP contribution in [-0.2, 0) is 4.79 Å². The second-order valence-electron chi connectivity index (χ2n) is 2.77.